The second-order valence-corrected chi connectivity index (χ2v) is 5.59. The first-order chi connectivity index (χ1) is 10.3. The number of benzene rings is 1. The smallest absolute Gasteiger partial charge is 0.235 e. The van der Waals surface area contributed by atoms with E-state index in [0.29, 0.717) is 12.3 Å². The van der Waals surface area contributed by atoms with Gasteiger partial charge in [-0.15, -0.1) is 10.2 Å². The molecule has 3 heterocycles. The van der Waals surface area contributed by atoms with Crippen LogP contribution in [0.2, 0.25) is 0 Å². The van der Waals surface area contributed by atoms with Crippen molar-refractivity contribution in [3.63, 3.8) is 0 Å². The highest BCUT2D eigenvalue weighted by molar-refractivity contribution is 7.19. The Morgan fingerprint density at radius 2 is 2.05 bits per heavy atom. The largest absolute Gasteiger partial charge is 0.449 e. The molecule has 0 aliphatic carbocycles. The standard InChI is InChI=1S/C14H11N5OS/c1-9-15-11(8-20-9)13-18-19-12(16-17-14(19)21-13)7-10-5-3-2-4-6-10/h2-6,8H,7H2,1H3. The van der Waals surface area contributed by atoms with Gasteiger partial charge in [0.05, 0.1) is 0 Å². The van der Waals surface area contributed by atoms with Crippen LogP contribution in [0, 0.1) is 6.92 Å². The molecule has 0 radical (unpaired) electrons. The van der Waals surface area contributed by atoms with Crippen LogP contribution >= 0.6 is 11.3 Å². The summed E-state index contributed by atoms with van der Waals surface area (Å²) in [5, 5.41) is 13.7. The van der Waals surface area contributed by atoms with Crippen molar-refractivity contribution in [3.8, 4) is 10.7 Å². The topological polar surface area (TPSA) is 69.1 Å². The fraction of sp³-hybridized carbons (Fsp3) is 0.143. The number of hydrogen-bond donors (Lipinski definition) is 0. The summed E-state index contributed by atoms with van der Waals surface area (Å²) in [5.41, 5.74) is 1.91. The van der Waals surface area contributed by atoms with Gasteiger partial charge in [-0.2, -0.15) is 9.61 Å². The molecule has 3 aromatic heterocycles. The molecule has 0 spiro atoms. The van der Waals surface area contributed by atoms with Gasteiger partial charge >= 0.3 is 0 Å². The molecule has 0 saturated heterocycles. The minimum Gasteiger partial charge on any atom is -0.449 e. The van der Waals surface area contributed by atoms with Crippen molar-refractivity contribution in [1.82, 2.24) is 24.8 Å². The molecule has 104 valence electrons. The minimum absolute atomic E-state index is 0.625. The Labute approximate surface area is 124 Å². The van der Waals surface area contributed by atoms with Crippen molar-refractivity contribution in [3.05, 3.63) is 53.9 Å². The van der Waals surface area contributed by atoms with Gasteiger partial charge in [-0.05, 0) is 5.56 Å². The van der Waals surface area contributed by atoms with E-state index < -0.39 is 0 Å². The van der Waals surface area contributed by atoms with E-state index >= 15 is 0 Å². The van der Waals surface area contributed by atoms with Crippen LogP contribution in [0.5, 0.6) is 0 Å². The van der Waals surface area contributed by atoms with Crippen molar-refractivity contribution >= 4 is 16.3 Å². The highest BCUT2D eigenvalue weighted by Gasteiger charge is 2.15. The number of rotatable bonds is 3. The summed E-state index contributed by atoms with van der Waals surface area (Å²) in [4.78, 5) is 5.05. The minimum atomic E-state index is 0.625. The monoisotopic (exact) mass is 297 g/mol. The zero-order valence-corrected chi connectivity index (χ0v) is 12.0. The van der Waals surface area contributed by atoms with Gasteiger partial charge in [0, 0.05) is 13.3 Å². The normalized spacial score (nSPS) is 11.3. The number of nitrogens with zero attached hydrogens (tertiary/aromatic N) is 5. The number of hydrogen-bond acceptors (Lipinski definition) is 6. The van der Waals surface area contributed by atoms with Gasteiger partial charge in [0.2, 0.25) is 4.96 Å². The lowest BCUT2D eigenvalue weighted by atomic mass is 10.1. The average Bonchev–Trinajstić information content (AvgIpc) is 3.17. The van der Waals surface area contributed by atoms with Crippen LogP contribution in [0.25, 0.3) is 15.7 Å². The second kappa shape index (κ2) is 4.78. The molecule has 4 aromatic rings. The molecule has 21 heavy (non-hydrogen) atoms. The van der Waals surface area contributed by atoms with Crippen LogP contribution in [0.15, 0.2) is 41.0 Å². The Hall–Kier alpha value is -2.54. The highest BCUT2D eigenvalue weighted by Crippen LogP contribution is 2.25. The van der Waals surface area contributed by atoms with Crippen molar-refractivity contribution in [1.29, 1.82) is 0 Å². The molecule has 4 rings (SSSR count). The summed E-state index contributed by atoms with van der Waals surface area (Å²) in [6, 6.07) is 10.2. The molecule has 0 amide bonds. The van der Waals surface area contributed by atoms with Crippen molar-refractivity contribution in [2.24, 2.45) is 0 Å². The quantitative estimate of drug-likeness (QED) is 0.581. The van der Waals surface area contributed by atoms with Gasteiger partial charge in [-0.1, -0.05) is 41.7 Å². The predicted molar refractivity (Wildman–Crippen MR) is 78.1 cm³/mol. The maximum atomic E-state index is 5.23. The molecular weight excluding hydrogens is 286 g/mol. The van der Waals surface area contributed by atoms with Crippen molar-refractivity contribution in [2.75, 3.05) is 0 Å². The first kappa shape index (κ1) is 12.2. The predicted octanol–water partition coefficient (Wildman–Crippen LogP) is 2.74. The van der Waals surface area contributed by atoms with Crippen LogP contribution in [0.3, 0.4) is 0 Å². The summed E-state index contributed by atoms with van der Waals surface area (Å²) in [5.74, 6) is 1.44. The molecule has 6 nitrogen and oxygen atoms in total. The summed E-state index contributed by atoms with van der Waals surface area (Å²) in [7, 11) is 0. The first-order valence-corrected chi connectivity index (χ1v) is 7.29. The number of oxazole rings is 1. The maximum absolute atomic E-state index is 5.23. The van der Waals surface area contributed by atoms with E-state index in [4.69, 9.17) is 4.42 Å². The van der Waals surface area contributed by atoms with Gasteiger partial charge in [0.1, 0.15) is 12.0 Å². The summed E-state index contributed by atoms with van der Waals surface area (Å²) in [6.45, 7) is 1.81. The van der Waals surface area contributed by atoms with Gasteiger partial charge in [0.25, 0.3) is 0 Å². The average molecular weight is 297 g/mol. The lowest BCUT2D eigenvalue weighted by Gasteiger charge is -1.96. The Kier molecular flexibility index (Phi) is 2.78. The lowest BCUT2D eigenvalue weighted by molar-refractivity contribution is 0.521. The molecule has 1 aromatic carbocycles. The molecule has 0 saturated carbocycles. The van der Waals surface area contributed by atoms with Crippen LogP contribution in [0.4, 0.5) is 0 Å². The van der Waals surface area contributed by atoms with E-state index in [1.165, 1.54) is 16.9 Å². The van der Waals surface area contributed by atoms with Crippen LogP contribution in [-0.2, 0) is 6.42 Å². The number of fused-ring (bicyclic) bond motifs is 1. The van der Waals surface area contributed by atoms with Gasteiger partial charge in [-0.25, -0.2) is 4.98 Å². The summed E-state index contributed by atoms with van der Waals surface area (Å²) < 4.78 is 7.00. The van der Waals surface area contributed by atoms with E-state index in [-0.39, 0.29) is 0 Å². The Morgan fingerprint density at radius 3 is 2.81 bits per heavy atom. The number of aromatic nitrogens is 5. The van der Waals surface area contributed by atoms with E-state index in [1.807, 2.05) is 25.1 Å². The van der Waals surface area contributed by atoms with Crippen LogP contribution in [-0.4, -0.2) is 24.8 Å². The Balaban J connectivity index is 1.73. The Morgan fingerprint density at radius 1 is 1.19 bits per heavy atom. The Bertz CT molecular complexity index is 893. The summed E-state index contributed by atoms with van der Waals surface area (Å²) in [6.07, 6.45) is 2.31. The first-order valence-electron chi connectivity index (χ1n) is 6.47. The molecule has 0 bridgehead atoms. The SMILES string of the molecule is Cc1nc(-c2nn3c(Cc4ccccc4)nnc3s2)co1. The third-order valence-corrected chi connectivity index (χ3v) is 4.02. The van der Waals surface area contributed by atoms with E-state index in [9.17, 15) is 0 Å². The molecule has 0 N–H and O–H groups in total. The van der Waals surface area contributed by atoms with Crippen molar-refractivity contribution in [2.45, 2.75) is 13.3 Å². The zero-order valence-electron chi connectivity index (χ0n) is 11.2. The molecule has 7 heteroatoms. The maximum Gasteiger partial charge on any atom is 0.235 e. The molecular formula is C14H11N5OS. The fourth-order valence-corrected chi connectivity index (χ4v) is 2.92. The lowest BCUT2D eigenvalue weighted by Crippen LogP contribution is -1.97. The molecule has 0 aliphatic heterocycles. The van der Waals surface area contributed by atoms with Crippen LogP contribution < -0.4 is 0 Å². The highest BCUT2D eigenvalue weighted by atomic mass is 32.1. The van der Waals surface area contributed by atoms with Gasteiger partial charge in [-0.3, -0.25) is 0 Å². The van der Waals surface area contributed by atoms with Crippen molar-refractivity contribution < 1.29 is 4.42 Å². The van der Waals surface area contributed by atoms with Gasteiger partial charge in [0.15, 0.2) is 16.7 Å². The second-order valence-electron chi connectivity index (χ2n) is 4.63. The molecule has 0 unspecified atom stereocenters. The molecule has 0 fully saturated rings. The third kappa shape index (κ3) is 2.21. The van der Waals surface area contributed by atoms with E-state index in [2.05, 4.69) is 32.4 Å². The number of aryl methyl sites for hydroxylation is 1. The molecule has 0 atom stereocenters. The van der Waals surface area contributed by atoms with Crippen LogP contribution in [0.1, 0.15) is 17.3 Å². The van der Waals surface area contributed by atoms with E-state index in [0.717, 1.165) is 21.5 Å². The van der Waals surface area contributed by atoms with E-state index in [1.54, 1.807) is 10.8 Å². The molecule has 0 aliphatic rings. The van der Waals surface area contributed by atoms with Gasteiger partial charge < -0.3 is 4.42 Å². The fourth-order valence-electron chi connectivity index (χ4n) is 2.11. The summed E-state index contributed by atoms with van der Waals surface area (Å²) >= 11 is 1.45. The third-order valence-electron chi connectivity index (χ3n) is 3.10. The zero-order chi connectivity index (χ0) is 14.2.